The highest BCUT2D eigenvalue weighted by molar-refractivity contribution is 6.60. The lowest BCUT2D eigenvalue weighted by Gasteiger charge is -2.29. The number of ether oxygens (including phenoxy) is 2. The average Bonchev–Trinajstić information content (AvgIpc) is 3.27. The van der Waals surface area contributed by atoms with E-state index >= 15 is 0 Å². The first kappa shape index (κ1) is 18.1. The molecule has 0 aromatic carbocycles. The van der Waals surface area contributed by atoms with Crippen LogP contribution in [-0.2, 0) is 22.8 Å². The minimum Gasteiger partial charge on any atom is -0.379 e. The van der Waals surface area contributed by atoms with Crippen LogP contribution in [0, 0.1) is 0 Å². The van der Waals surface area contributed by atoms with Gasteiger partial charge in [0.2, 0.25) is 0 Å². The van der Waals surface area contributed by atoms with Gasteiger partial charge in [0.15, 0.2) is 0 Å². The Morgan fingerprint density at radius 3 is 2.15 bits per heavy atom. The van der Waals surface area contributed by atoms with Crippen molar-refractivity contribution in [3.63, 3.8) is 0 Å². The van der Waals surface area contributed by atoms with Crippen LogP contribution in [0.5, 0.6) is 0 Å². The molecule has 6 heteroatoms. The van der Waals surface area contributed by atoms with Crippen molar-refractivity contribution in [3.8, 4) is 0 Å². The van der Waals surface area contributed by atoms with Crippen molar-refractivity contribution in [2.45, 2.75) is 52.2 Å². The summed E-state index contributed by atoms with van der Waals surface area (Å²) in [5.41, 5.74) is 0. The van der Waals surface area contributed by atoms with Gasteiger partial charge in [0.05, 0.1) is 13.2 Å². The maximum Gasteiger partial charge on any atom is 0.501 e. The Morgan fingerprint density at radius 1 is 1.00 bits per heavy atom. The van der Waals surface area contributed by atoms with E-state index in [4.69, 9.17) is 22.8 Å². The van der Waals surface area contributed by atoms with Crippen LogP contribution in [0.4, 0.5) is 0 Å². The van der Waals surface area contributed by atoms with Gasteiger partial charge in [0, 0.05) is 32.5 Å². The number of hydrogen-bond donors (Lipinski definition) is 0. The maximum atomic E-state index is 5.98. The molecule has 1 heterocycles. The zero-order valence-electron chi connectivity index (χ0n) is 13.2. The fourth-order valence-electron chi connectivity index (χ4n) is 1.85. The smallest absolute Gasteiger partial charge is 0.379 e. The molecule has 0 saturated carbocycles. The van der Waals surface area contributed by atoms with Gasteiger partial charge < -0.3 is 22.8 Å². The van der Waals surface area contributed by atoms with Gasteiger partial charge in [0.1, 0.15) is 6.10 Å². The Kier molecular flexibility index (Phi) is 9.67. The molecule has 0 N–H and O–H groups in total. The quantitative estimate of drug-likeness (QED) is 0.280. The van der Waals surface area contributed by atoms with Crippen LogP contribution in [0.15, 0.2) is 0 Å². The standard InChI is InChI=1S/C14H30O5Si/c1-4-8-18-20(17-6-3,19-9-5-2)11-7-10-15-12-14-13-16-14/h14H,4-13H2,1-3H3. The van der Waals surface area contributed by atoms with Gasteiger partial charge >= 0.3 is 8.80 Å². The fourth-order valence-corrected chi connectivity index (χ4v) is 4.58. The van der Waals surface area contributed by atoms with E-state index in [1.165, 1.54) is 0 Å². The molecule has 0 amide bonds. The van der Waals surface area contributed by atoms with Gasteiger partial charge in [-0.05, 0) is 26.2 Å². The molecule has 1 rings (SSSR count). The normalized spacial score (nSPS) is 18.4. The van der Waals surface area contributed by atoms with Crippen LogP contribution in [0.1, 0.15) is 40.0 Å². The second-order valence-electron chi connectivity index (χ2n) is 4.95. The summed E-state index contributed by atoms with van der Waals surface area (Å²) in [5.74, 6) is 0. The minimum atomic E-state index is -2.51. The highest BCUT2D eigenvalue weighted by Crippen LogP contribution is 2.19. The minimum absolute atomic E-state index is 0.330. The van der Waals surface area contributed by atoms with Crippen molar-refractivity contribution in [1.82, 2.24) is 0 Å². The molecule has 1 unspecified atom stereocenters. The van der Waals surface area contributed by atoms with Crippen LogP contribution in [-0.4, -0.2) is 54.5 Å². The van der Waals surface area contributed by atoms with Gasteiger partial charge in [-0.25, -0.2) is 0 Å². The van der Waals surface area contributed by atoms with Crippen LogP contribution >= 0.6 is 0 Å². The van der Waals surface area contributed by atoms with Crippen LogP contribution in [0.25, 0.3) is 0 Å². The first-order chi connectivity index (χ1) is 9.76. The molecule has 0 aromatic rings. The predicted octanol–water partition coefficient (Wildman–Crippen LogP) is 2.62. The summed E-state index contributed by atoms with van der Waals surface area (Å²) in [6, 6.07) is 0.826. The second kappa shape index (κ2) is 10.7. The third kappa shape index (κ3) is 7.71. The van der Waals surface area contributed by atoms with E-state index < -0.39 is 8.80 Å². The summed E-state index contributed by atoms with van der Waals surface area (Å²) < 4.78 is 28.5. The molecule has 20 heavy (non-hydrogen) atoms. The van der Waals surface area contributed by atoms with Gasteiger partial charge in [-0.1, -0.05) is 13.8 Å². The topological polar surface area (TPSA) is 49.5 Å². The van der Waals surface area contributed by atoms with E-state index in [9.17, 15) is 0 Å². The van der Waals surface area contributed by atoms with E-state index in [0.717, 1.165) is 31.9 Å². The molecule has 0 aromatic heterocycles. The van der Waals surface area contributed by atoms with E-state index in [0.29, 0.717) is 39.1 Å². The lowest BCUT2D eigenvalue weighted by molar-refractivity contribution is 0.0576. The number of epoxide rings is 1. The van der Waals surface area contributed by atoms with Gasteiger partial charge in [-0.15, -0.1) is 0 Å². The Bertz CT molecular complexity index is 228. The molecule has 1 saturated heterocycles. The van der Waals surface area contributed by atoms with Crippen LogP contribution < -0.4 is 0 Å². The Morgan fingerprint density at radius 2 is 1.65 bits per heavy atom. The van der Waals surface area contributed by atoms with Crippen molar-refractivity contribution in [2.75, 3.05) is 39.6 Å². The molecule has 1 aliphatic heterocycles. The molecule has 0 radical (unpaired) electrons. The maximum absolute atomic E-state index is 5.98. The van der Waals surface area contributed by atoms with E-state index in [-0.39, 0.29) is 0 Å². The fraction of sp³-hybridized carbons (Fsp3) is 1.00. The van der Waals surface area contributed by atoms with E-state index in [1.54, 1.807) is 0 Å². The summed E-state index contributed by atoms with van der Waals surface area (Å²) in [5, 5.41) is 0. The molecule has 5 nitrogen and oxygen atoms in total. The first-order valence-electron chi connectivity index (χ1n) is 7.87. The van der Waals surface area contributed by atoms with Crippen molar-refractivity contribution < 1.29 is 22.8 Å². The number of hydrogen-bond acceptors (Lipinski definition) is 5. The summed E-state index contributed by atoms with van der Waals surface area (Å²) in [6.07, 6.45) is 3.20. The summed E-state index contributed by atoms with van der Waals surface area (Å²) in [7, 11) is -2.51. The summed E-state index contributed by atoms with van der Waals surface area (Å²) in [4.78, 5) is 0. The molecule has 0 bridgehead atoms. The first-order valence-corrected chi connectivity index (χ1v) is 9.80. The van der Waals surface area contributed by atoms with E-state index in [1.807, 2.05) is 6.92 Å². The summed E-state index contributed by atoms with van der Waals surface area (Å²) in [6.45, 7) is 10.5. The molecule has 1 fully saturated rings. The number of rotatable bonds is 14. The zero-order valence-corrected chi connectivity index (χ0v) is 14.2. The molecule has 1 aliphatic rings. The lowest BCUT2D eigenvalue weighted by Crippen LogP contribution is -2.46. The second-order valence-corrected chi connectivity index (χ2v) is 7.68. The van der Waals surface area contributed by atoms with Crippen molar-refractivity contribution in [1.29, 1.82) is 0 Å². The molecule has 120 valence electrons. The van der Waals surface area contributed by atoms with E-state index in [2.05, 4.69) is 13.8 Å². The van der Waals surface area contributed by atoms with Crippen molar-refractivity contribution in [3.05, 3.63) is 0 Å². The molecular formula is C14H30O5Si. The molecule has 1 atom stereocenters. The Balaban J connectivity index is 2.31. The zero-order chi connectivity index (χ0) is 14.7. The largest absolute Gasteiger partial charge is 0.501 e. The van der Waals surface area contributed by atoms with Crippen LogP contribution in [0.2, 0.25) is 6.04 Å². The van der Waals surface area contributed by atoms with Crippen molar-refractivity contribution >= 4 is 8.80 Å². The molecular weight excluding hydrogens is 276 g/mol. The lowest BCUT2D eigenvalue weighted by atomic mass is 10.5. The summed E-state index contributed by atoms with van der Waals surface area (Å²) >= 11 is 0. The SMILES string of the molecule is CCCO[Si](CCCOCC1CO1)(OCC)OCCC. The molecule has 0 aliphatic carbocycles. The Labute approximate surface area is 124 Å². The third-order valence-electron chi connectivity index (χ3n) is 2.89. The van der Waals surface area contributed by atoms with Gasteiger partial charge in [-0.2, -0.15) is 0 Å². The average molecular weight is 306 g/mol. The highest BCUT2D eigenvalue weighted by Gasteiger charge is 2.40. The highest BCUT2D eigenvalue weighted by atomic mass is 28.4. The monoisotopic (exact) mass is 306 g/mol. The van der Waals surface area contributed by atoms with Crippen LogP contribution in [0.3, 0.4) is 0 Å². The van der Waals surface area contributed by atoms with Crippen molar-refractivity contribution in [2.24, 2.45) is 0 Å². The van der Waals surface area contributed by atoms with Gasteiger partial charge in [0.25, 0.3) is 0 Å². The third-order valence-corrected chi connectivity index (χ3v) is 5.88. The Hall–Kier alpha value is 0.0169. The predicted molar refractivity (Wildman–Crippen MR) is 79.8 cm³/mol. The molecule has 0 spiro atoms. The van der Waals surface area contributed by atoms with Gasteiger partial charge in [-0.3, -0.25) is 0 Å².